The molecule has 0 atom stereocenters. The number of rotatable bonds is 6. The highest BCUT2D eigenvalue weighted by atomic mass is 127. The minimum Gasteiger partial charge on any atom is -0.464 e. The van der Waals surface area contributed by atoms with Crippen LogP contribution in [0.2, 0.25) is 5.15 Å². The van der Waals surface area contributed by atoms with E-state index in [1.807, 2.05) is 18.2 Å². The standard InChI is InChI=1S/C13H13ClINO3/c1-17-6-7-18-8-19-13-10(15)4-2-9-3-5-11(14)16-12(9)13/h2-5H,6-8H2,1H3. The summed E-state index contributed by atoms with van der Waals surface area (Å²) >= 11 is 8.13. The Morgan fingerprint density at radius 3 is 2.79 bits per heavy atom. The maximum atomic E-state index is 5.93. The van der Waals surface area contributed by atoms with E-state index in [0.717, 1.165) is 14.5 Å². The lowest BCUT2D eigenvalue weighted by Gasteiger charge is -2.11. The van der Waals surface area contributed by atoms with E-state index in [-0.39, 0.29) is 6.79 Å². The van der Waals surface area contributed by atoms with Crippen molar-refractivity contribution in [3.8, 4) is 5.75 Å². The summed E-state index contributed by atoms with van der Waals surface area (Å²) in [5, 5.41) is 1.43. The van der Waals surface area contributed by atoms with Gasteiger partial charge in [0.15, 0.2) is 12.5 Å². The molecule has 0 saturated carbocycles. The molecular formula is C13H13ClINO3. The molecule has 0 amide bonds. The average molecular weight is 394 g/mol. The van der Waals surface area contributed by atoms with Crippen LogP contribution in [0.5, 0.6) is 5.75 Å². The highest BCUT2D eigenvalue weighted by Gasteiger charge is 2.09. The lowest BCUT2D eigenvalue weighted by molar-refractivity contribution is -0.00823. The molecule has 2 rings (SSSR count). The van der Waals surface area contributed by atoms with E-state index >= 15 is 0 Å². The molecule has 102 valence electrons. The van der Waals surface area contributed by atoms with Crippen LogP contribution in [0.4, 0.5) is 0 Å². The highest BCUT2D eigenvalue weighted by molar-refractivity contribution is 14.1. The molecule has 1 heterocycles. The molecule has 0 aliphatic heterocycles. The lowest BCUT2D eigenvalue weighted by atomic mass is 10.2. The summed E-state index contributed by atoms with van der Waals surface area (Å²) < 4.78 is 16.8. The first-order valence-corrected chi connectivity index (χ1v) is 7.12. The van der Waals surface area contributed by atoms with Crippen molar-refractivity contribution in [1.29, 1.82) is 0 Å². The minimum atomic E-state index is 0.159. The predicted molar refractivity (Wildman–Crippen MR) is 82.8 cm³/mol. The van der Waals surface area contributed by atoms with Crippen molar-refractivity contribution in [2.24, 2.45) is 0 Å². The lowest BCUT2D eigenvalue weighted by Crippen LogP contribution is -2.08. The van der Waals surface area contributed by atoms with E-state index in [1.54, 1.807) is 13.2 Å². The van der Waals surface area contributed by atoms with Gasteiger partial charge in [0.1, 0.15) is 10.7 Å². The third-order valence-corrected chi connectivity index (χ3v) is 3.51. The van der Waals surface area contributed by atoms with E-state index in [4.69, 9.17) is 25.8 Å². The van der Waals surface area contributed by atoms with Gasteiger partial charge in [-0.1, -0.05) is 17.7 Å². The van der Waals surface area contributed by atoms with Gasteiger partial charge in [0, 0.05) is 12.5 Å². The van der Waals surface area contributed by atoms with Crippen LogP contribution in [0.3, 0.4) is 0 Å². The van der Waals surface area contributed by atoms with Crippen molar-refractivity contribution < 1.29 is 14.2 Å². The Bertz CT molecular complexity index is 560. The van der Waals surface area contributed by atoms with Crippen LogP contribution in [0, 0.1) is 3.57 Å². The molecule has 0 aliphatic carbocycles. The first-order valence-electron chi connectivity index (χ1n) is 5.66. The first-order chi connectivity index (χ1) is 9.22. The van der Waals surface area contributed by atoms with Crippen molar-refractivity contribution in [3.63, 3.8) is 0 Å². The number of hydrogen-bond donors (Lipinski definition) is 0. The van der Waals surface area contributed by atoms with Crippen molar-refractivity contribution in [3.05, 3.63) is 33.0 Å². The van der Waals surface area contributed by atoms with Gasteiger partial charge in [-0.2, -0.15) is 0 Å². The fraction of sp³-hybridized carbons (Fsp3) is 0.308. The van der Waals surface area contributed by atoms with Gasteiger partial charge in [0.25, 0.3) is 0 Å². The van der Waals surface area contributed by atoms with E-state index in [0.29, 0.717) is 24.1 Å². The first kappa shape index (κ1) is 14.8. The number of benzene rings is 1. The number of pyridine rings is 1. The number of ether oxygens (including phenoxy) is 3. The number of methoxy groups -OCH3 is 1. The summed E-state index contributed by atoms with van der Waals surface area (Å²) in [6, 6.07) is 7.64. The third-order valence-electron chi connectivity index (χ3n) is 2.45. The summed E-state index contributed by atoms with van der Waals surface area (Å²) in [7, 11) is 1.63. The maximum absolute atomic E-state index is 5.93. The van der Waals surface area contributed by atoms with Crippen LogP contribution in [-0.2, 0) is 9.47 Å². The van der Waals surface area contributed by atoms with Crippen LogP contribution in [0.15, 0.2) is 24.3 Å². The van der Waals surface area contributed by atoms with Crippen LogP contribution < -0.4 is 4.74 Å². The second kappa shape index (κ2) is 7.23. The van der Waals surface area contributed by atoms with Gasteiger partial charge in [-0.3, -0.25) is 0 Å². The largest absolute Gasteiger partial charge is 0.464 e. The van der Waals surface area contributed by atoms with E-state index in [1.165, 1.54) is 0 Å². The van der Waals surface area contributed by atoms with Crippen LogP contribution in [0.1, 0.15) is 0 Å². The van der Waals surface area contributed by atoms with E-state index < -0.39 is 0 Å². The summed E-state index contributed by atoms with van der Waals surface area (Å²) in [6.07, 6.45) is 0. The molecule has 0 unspecified atom stereocenters. The molecule has 0 spiro atoms. The summed E-state index contributed by atoms with van der Waals surface area (Å²) in [5.74, 6) is 0.693. The zero-order chi connectivity index (χ0) is 13.7. The smallest absolute Gasteiger partial charge is 0.189 e. The molecule has 0 aliphatic rings. The fourth-order valence-electron chi connectivity index (χ4n) is 1.55. The molecule has 1 aromatic heterocycles. The molecule has 0 saturated heterocycles. The van der Waals surface area contributed by atoms with Crippen molar-refractivity contribution in [2.75, 3.05) is 27.1 Å². The van der Waals surface area contributed by atoms with Gasteiger partial charge in [0.05, 0.1) is 16.8 Å². The van der Waals surface area contributed by atoms with Crippen molar-refractivity contribution in [2.45, 2.75) is 0 Å². The molecule has 4 nitrogen and oxygen atoms in total. The average Bonchev–Trinajstić information content (AvgIpc) is 2.40. The zero-order valence-corrected chi connectivity index (χ0v) is 13.3. The quantitative estimate of drug-likeness (QED) is 0.326. The number of fused-ring (bicyclic) bond motifs is 1. The Morgan fingerprint density at radius 1 is 1.21 bits per heavy atom. The van der Waals surface area contributed by atoms with Crippen LogP contribution >= 0.6 is 34.2 Å². The molecule has 0 N–H and O–H groups in total. The summed E-state index contributed by atoms with van der Waals surface area (Å²) in [4.78, 5) is 4.31. The number of halogens is 2. The number of nitrogens with zero attached hydrogens (tertiary/aromatic N) is 1. The van der Waals surface area contributed by atoms with E-state index in [2.05, 4.69) is 27.6 Å². The van der Waals surface area contributed by atoms with Gasteiger partial charge < -0.3 is 14.2 Å². The van der Waals surface area contributed by atoms with Crippen LogP contribution in [0.25, 0.3) is 10.9 Å². The normalized spacial score (nSPS) is 10.9. The Kier molecular flexibility index (Phi) is 5.62. The topological polar surface area (TPSA) is 40.6 Å². The fourth-order valence-corrected chi connectivity index (χ4v) is 2.29. The molecule has 0 radical (unpaired) electrons. The molecule has 19 heavy (non-hydrogen) atoms. The zero-order valence-electron chi connectivity index (χ0n) is 10.4. The predicted octanol–water partition coefficient (Wildman–Crippen LogP) is 3.49. The molecule has 0 fully saturated rings. The number of aromatic nitrogens is 1. The van der Waals surface area contributed by atoms with Gasteiger partial charge in [-0.15, -0.1) is 0 Å². The molecule has 2 aromatic rings. The maximum Gasteiger partial charge on any atom is 0.189 e. The Hall–Kier alpha value is -0.630. The van der Waals surface area contributed by atoms with Crippen molar-refractivity contribution >= 4 is 45.1 Å². The van der Waals surface area contributed by atoms with Gasteiger partial charge in [-0.25, -0.2) is 4.98 Å². The van der Waals surface area contributed by atoms with E-state index in [9.17, 15) is 0 Å². The van der Waals surface area contributed by atoms with Gasteiger partial charge >= 0.3 is 0 Å². The van der Waals surface area contributed by atoms with Crippen molar-refractivity contribution in [1.82, 2.24) is 4.98 Å². The molecular weight excluding hydrogens is 381 g/mol. The number of hydrogen-bond acceptors (Lipinski definition) is 4. The molecule has 0 bridgehead atoms. The summed E-state index contributed by atoms with van der Waals surface area (Å²) in [5.41, 5.74) is 0.745. The highest BCUT2D eigenvalue weighted by Crippen LogP contribution is 2.30. The molecule has 6 heteroatoms. The third kappa shape index (κ3) is 3.92. The van der Waals surface area contributed by atoms with Gasteiger partial charge in [-0.05, 0) is 40.8 Å². The Morgan fingerprint density at radius 2 is 2.00 bits per heavy atom. The SMILES string of the molecule is COCCOCOc1c(I)ccc2ccc(Cl)nc12. The van der Waals surface area contributed by atoms with Gasteiger partial charge in [0.2, 0.25) is 0 Å². The Balaban J connectivity index is 2.16. The summed E-state index contributed by atoms with van der Waals surface area (Å²) in [6.45, 7) is 1.19. The molecule has 1 aromatic carbocycles. The monoisotopic (exact) mass is 393 g/mol. The second-order valence-corrected chi connectivity index (χ2v) is 5.29. The second-order valence-electron chi connectivity index (χ2n) is 3.75. The van der Waals surface area contributed by atoms with Crippen LogP contribution in [-0.4, -0.2) is 32.1 Å². The minimum absolute atomic E-state index is 0.159. The Labute approximate surface area is 130 Å².